The van der Waals surface area contributed by atoms with Crippen LogP contribution in [0.3, 0.4) is 0 Å². The number of carbonyl (C=O) groups excluding carboxylic acids is 1. The second-order valence-corrected chi connectivity index (χ2v) is 5.26. The fraction of sp³-hybridized carbons (Fsp3) is 0.455. The second-order valence-electron chi connectivity index (χ2n) is 4.00. The molecule has 0 aliphatic carbocycles. The van der Waals surface area contributed by atoms with Gasteiger partial charge in [0.1, 0.15) is 0 Å². The Balaban J connectivity index is 2.05. The minimum absolute atomic E-state index is 0.0993. The van der Waals surface area contributed by atoms with Crippen LogP contribution in [0.1, 0.15) is 23.2 Å². The van der Waals surface area contributed by atoms with Crippen molar-refractivity contribution in [2.24, 2.45) is 11.7 Å². The standard InChI is InChI=1S/C11H14N2OS2/c12-10(15)8-2-1-4-13(6-8)11(14)9-3-5-16-7-9/h3,5,7-8H,1-2,4,6H2,(H2,12,15). The van der Waals surface area contributed by atoms with E-state index in [2.05, 4.69) is 0 Å². The van der Waals surface area contributed by atoms with Gasteiger partial charge in [-0.1, -0.05) is 12.2 Å². The first-order chi connectivity index (χ1) is 7.68. The van der Waals surface area contributed by atoms with Gasteiger partial charge in [0.2, 0.25) is 0 Å². The summed E-state index contributed by atoms with van der Waals surface area (Å²) in [6.45, 7) is 1.48. The van der Waals surface area contributed by atoms with Crippen LogP contribution in [0.2, 0.25) is 0 Å². The van der Waals surface area contributed by atoms with Crippen molar-refractivity contribution in [2.75, 3.05) is 13.1 Å². The lowest BCUT2D eigenvalue weighted by Gasteiger charge is -2.32. The van der Waals surface area contributed by atoms with Crippen molar-refractivity contribution in [1.82, 2.24) is 4.90 Å². The van der Waals surface area contributed by atoms with E-state index in [0.717, 1.165) is 24.9 Å². The normalized spacial score (nSPS) is 20.8. The first-order valence-electron chi connectivity index (χ1n) is 5.29. The quantitative estimate of drug-likeness (QED) is 0.820. The number of piperidine rings is 1. The van der Waals surface area contributed by atoms with Gasteiger partial charge in [0.05, 0.1) is 10.6 Å². The van der Waals surface area contributed by atoms with Gasteiger partial charge < -0.3 is 10.6 Å². The molecule has 1 unspecified atom stereocenters. The molecule has 2 rings (SSSR count). The highest BCUT2D eigenvalue weighted by Crippen LogP contribution is 2.19. The van der Waals surface area contributed by atoms with E-state index in [0.29, 0.717) is 11.5 Å². The zero-order valence-electron chi connectivity index (χ0n) is 8.89. The predicted octanol–water partition coefficient (Wildman–Crippen LogP) is 1.89. The van der Waals surface area contributed by atoms with Gasteiger partial charge >= 0.3 is 0 Å². The molecule has 1 aliphatic rings. The maximum Gasteiger partial charge on any atom is 0.254 e. The fourth-order valence-electron chi connectivity index (χ4n) is 1.96. The molecule has 0 saturated carbocycles. The van der Waals surface area contributed by atoms with Crippen molar-refractivity contribution in [2.45, 2.75) is 12.8 Å². The van der Waals surface area contributed by atoms with Gasteiger partial charge in [0.25, 0.3) is 5.91 Å². The smallest absolute Gasteiger partial charge is 0.254 e. The lowest BCUT2D eigenvalue weighted by molar-refractivity contribution is 0.0704. The second kappa shape index (κ2) is 4.93. The van der Waals surface area contributed by atoms with Gasteiger partial charge in [-0.15, -0.1) is 0 Å². The molecular formula is C11H14N2OS2. The highest BCUT2D eigenvalue weighted by molar-refractivity contribution is 7.80. The summed E-state index contributed by atoms with van der Waals surface area (Å²) in [5.41, 5.74) is 6.42. The third kappa shape index (κ3) is 2.41. The number of hydrogen-bond donors (Lipinski definition) is 1. The summed E-state index contributed by atoms with van der Waals surface area (Å²) in [6, 6.07) is 1.86. The highest BCUT2D eigenvalue weighted by Gasteiger charge is 2.25. The number of thiophene rings is 1. The fourth-order valence-corrected chi connectivity index (χ4v) is 2.78. The summed E-state index contributed by atoms with van der Waals surface area (Å²) in [5, 5.41) is 3.80. The van der Waals surface area contributed by atoms with Gasteiger partial charge in [-0.3, -0.25) is 4.79 Å². The predicted molar refractivity (Wildman–Crippen MR) is 69.7 cm³/mol. The molecule has 0 spiro atoms. The molecule has 86 valence electrons. The number of carbonyl (C=O) groups is 1. The topological polar surface area (TPSA) is 46.3 Å². The lowest BCUT2D eigenvalue weighted by Crippen LogP contribution is -2.43. The van der Waals surface area contributed by atoms with E-state index in [1.165, 1.54) is 0 Å². The first kappa shape index (κ1) is 11.5. The number of likely N-dealkylation sites (tertiary alicyclic amines) is 1. The minimum atomic E-state index is 0.0993. The molecule has 1 atom stereocenters. The van der Waals surface area contributed by atoms with Crippen LogP contribution >= 0.6 is 23.6 Å². The molecule has 1 saturated heterocycles. The Morgan fingerprint density at radius 2 is 2.44 bits per heavy atom. The van der Waals surface area contributed by atoms with Gasteiger partial charge in [0, 0.05) is 24.4 Å². The van der Waals surface area contributed by atoms with Crippen molar-refractivity contribution < 1.29 is 4.79 Å². The molecule has 5 heteroatoms. The van der Waals surface area contributed by atoms with Crippen LogP contribution in [0.15, 0.2) is 16.8 Å². The Morgan fingerprint density at radius 1 is 1.62 bits per heavy atom. The molecule has 16 heavy (non-hydrogen) atoms. The van der Waals surface area contributed by atoms with E-state index in [-0.39, 0.29) is 11.8 Å². The van der Waals surface area contributed by atoms with Crippen LogP contribution in [0, 0.1) is 5.92 Å². The molecule has 1 fully saturated rings. The van der Waals surface area contributed by atoms with E-state index in [1.54, 1.807) is 11.3 Å². The number of hydrogen-bond acceptors (Lipinski definition) is 3. The van der Waals surface area contributed by atoms with Gasteiger partial charge in [-0.25, -0.2) is 0 Å². The number of nitrogens with two attached hydrogens (primary N) is 1. The molecule has 0 bridgehead atoms. The first-order valence-corrected chi connectivity index (χ1v) is 6.64. The molecule has 0 aromatic carbocycles. The maximum absolute atomic E-state index is 12.1. The Kier molecular flexibility index (Phi) is 3.56. The van der Waals surface area contributed by atoms with Gasteiger partial charge in [-0.2, -0.15) is 11.3 Å². The number of amides is 1. The van der Waals surface area contributed by atoms with Crippen molar-refractivity contribution >= 4 is 34.5 Å². The van der Waals surface area contributed by atoms with E-state index in [1.807, 2.05) is 21.7 Å². The Labute approximate surface area is 104 Å². The third-order valence-electron chi connectivity index (χ3n) is 2.88. The maximum atomic E-state index is 12.1. The zero-order chi connectivity index (χ0) is 11.5. The van der Waals surface area contributed by atoms with Crippen molar-refractivity contribution in [3.8, 4) is 0 Å². The number of thiocarbonyl (C=S) groups is 1. The molecule has 1 aromatic heterocycles. The summed E-state index contributed by atoms with van der Waals surface area (Å²) in [5.74, 6) is 0.286. The molecule has 3 nitrogen and oxygen atoms in total. The largest absolute Gasteiger partial charge is 0.393 e. The van der Waals surface area contributed by atoms with Crippen LogP contribution in [-0.2, 0) is 0 Å². The Hall–Kier alpha value is -0.940. The molecule has 1 aliphatic heterocycles. The van der Waals surface area contributed by atoms with Crippen LogP contribution in [0.4, 0.5) is 0 Å². The summed E-state index contributed by atoms with van der Waals surface area (Å²) in [6.07, 6.45) is 1.99. The van der Waals surface area contributed by atoms with Gasteiger partial charge in [0.15, 0.2) is 0 Å². The van der Waals surface area contributed by atoms with E-state index in [4.69, 9.17) is 18.0 Å². The van der Waals surface area contributed by atoms with Gasteiger partial charge in [-0.05, 0) is 24.3 Å². The van der Waals surface area contributed by atoms with Crippen LogP contribution < -0.4 is 5.73 Å². The third-order valence-corrected chi connectivity index (χ3v) is 3.90. The van der Waals surface area contributed by atoms with E-state index >= 15 is 0 Å². The highest BCUT2D eigenvalue weighted by atomic mass is 32.1. The van der Waals surface area contributed by atoms with Crippen molar-refractivity contribution in [1.29, 1.82) is 0 Å². The number of nitrogens with zero attached hydrogens (tertiary/aromatic N) is 1. The molecule has 2 heterocycles. The molecular weight excluding hydrogens is 240 g/mol. The molecule has 0 radical (unpaired) electrons. The molecule has 1 aromatic rings. The van der Waals surface area contributed by atoms with Crippen LogP contribution in [-0.4, -0.2) is 28.9 Å². The lowest BCUT2D eigenvalue weighted by atomic mass is 9.98. The van der Waals surface area contributed by atoms with Crippen LogP contribution in [0.25, 0.3) is 0 Å². The monoisotopic (exact) mass is 254 g/mol. The van der Waals surface area contributed by atoms with E-state index < -0.39 is 0 Å². The SMILES string of the molecule is NC(=S)C1CCCN(C(=O)c2ccsc2)C1. The zero-order valence-corrected chi connectivity index (χ0v) is 10.5. The van der Waals surface area contributed by atoms with Crippen LogP contribution in [0.5, 0.6) is 0 Å². The average Bonchev–Trinajstić information content (AvgIpc) is 2.81. The van der Waals surface area contributed by atoms with E-state index in [9.17, 15) is 4.79 Å². The summed E-state index contributed by atoms with van der Waals surface area (Å²) >= 11 is 6.54. The van der Waals surface area contributed by atoms with Crippen molar-refractivity contribution in [3.05, 3.63) is 22.4 Å². The molecule has 1 amide bonds. The summed E-state index contributed by atoms with van der Waals surface area (Å²) in [4.78, 5) is 14.5. The average molecular weight is 254 g/mol. The summed E-state index contributed by atoms with van der Waals surface area (Å²) in [7, 11) is 0. The summed E-state index contributed by atoms with van der Waals surface area (Å²) < 4.78 is 0. The Morgan fingerprint density at radius 3 is 3.06 bits per heavy atom. The van der Waals surface area contributed by atoms with Crippen molar-refractivity contribution in [3.63, 3.8) is 0 Å². The minimum Gasteiger partial charge on any atom is -0.393 e. The molecule has 2 N–H and O–H groups in total. The number of rotatable bonds is 2. The Bertz CT molecular complexity index is 389.